The van der Waals surface area contributed by atoms with Gasteiger partial charge in [-0.05, 0) is 25.0 Å². The van der Waals surface area contributed by atoms with Gasteiger partial charge in [0.05, 0.1) is 10.4 Å². The van der Waals surface area contributed by atoms with Gasteiger partial charge in [0.15, 0.2) is 0 Å². The lowest BCUT2D eigenvalue weighted by Gasteiger charge is -2.29. The quantitative estimate of drug-likeness (QED) is 0.930. The topological polar surface area (TPSA) is 62.3 Å². The number of pyridine rings is 1. The molecule has 0 spiro atoms. The molecule has 0 bridgehead atoms. The summed E-state index contributed by atoms with van der Waals surface area (Å²) in [4.78, 5) is 30.8. The molecule has 2 fully saturated rings. The molecule has 2 aliphatic heterocycles. The minimum absolute atomic E-state index is 0.0746. The Morgan fingerprint density at radius 2 is 2.25 bits per heavy atom. The van der Waals surface area contributed by atoms with Crippen molar-refractivity contribution >= 4 is 34.5 Å². The number of para-hydroxylation sites is 1. The molecule has 2 atom stereocenters. The summed E-state index contributed by atoms with van der Waals surface area (Å²) >= 11 is 1.71. The Balaban J connectivity index is 1.50. The van der Waals surface area contributed by atoms with E-state index in [0.717, 1.165) is 22.9 Å². The zero-order valence-corrected chi connectivity index (χ0v) is 14.3. The van der Waals surface area contributed by atoms with Gasteiger partial charge in [0.2, 0.25) is 11.8 Å². The van der Waals surface area contributed by atoms with Crippen LogP contribution in [0.1, 0.15) is 25.3 Å². The Hall–Kier alpha value is -2.08. The number of nitrogens with zero attached hydrogens (tertiary/aromatic N) is 2. The number of carbonyl (C=O) groups excluding carboxylic acids is 2. The third-order valence-corrected chi connectivity index (χ3v) is 6.42. The fourth-order valence-electron chi connectivity index (χ4n) is 3.62. The predicted octanol–water partition coefficient (Wildman–Crippen LogP) is 2.30. The largest absolute Gasteiger partial charge is 0.350 e. The molecule has 2 aromatic rings. The average molecular weight is 341 g/mol. The van der Waals surface area contributed by atoms with Crippen LogP contribution in [0.4, 0.5) is 0 Å². The number of aromatic nitrogens is 1. The van der Waals surface area contributed by atoms with Crippen LogP contribution in [-0.4, -0.2) is 38.4 Å². The molecule has 1 aromatic carbocycles. The summed E-state index contributed by atoms with van der Waals surface area (Å²) in [5.41, 5.74) is 1.89. The monoisotopic (exact) mass is 341 g/mol. The van der Waals surface area contributed by atoms with Crippen molar-refractivity contribution in [1.82, 2.24) is 15.2 Å². The van der Waals surface area contributed by atoms with Gasteiger partial charge in [-0.25, -0.2) is 0 Å². The van der Waals surface area contributed by atoms with E-state index in [9.17, 15) is 9.59 Å². The van der Waals surface area contributed by atoms with Crippen molar-refractivity contribution in [3.63, 3.8) is 0 Å². The highest BCUT2D eigenvalue weighted by atomic mass is 32.2. The first kappa shape index (κ1) is 15.4. The van der Waals surface area contributed by atoms with Crippen LogP contribution < -0.4 is 5.32 Å². The predicted molar refractivity (Wildman–Crippen MR) is 94.3 cm³/mol. The van der Waals surface area contributed by atoms with Gasteiger partial charge < -0.3 is 10.2 Å². The van der Waals surface area contributed by atoms with Crippen molar-refractivity contribution in [2.24, 2.45) is 0 Å². The van der Waals surface area contributed by atoms with Crippen molar-refractivity contribution in [3.05, 3.63) is 42.1 Å². The van der Waals surface area contributed by atoms with Crippen LogP contribution in [0.25, 0.3) is 10.9 Å². The first-order chi connectivity index (χ1) is 11.6. The summed E-state index contributed by atoms with van der Waals surface area (Å²) < 4.78 is 0. The molecule has 6 heteroatoms. The maximum atomic E-state index is 12.6. The minimum atomic E-state index is -0.363. The molecule has 24 heavy (non-hydrogen) atoms. The van der Waals surface area contributed by atoms with Crippen molar-refractivity contribution < 1.29 is 9.59 Å². The van der Waals surface area contributed by atoms with Crippen LogP contribution in [-0.2, 0) is 16.1 Å². The second-order valence-electron chi connectivity index (χ2n) is 6.48. The number of carbonyl (C=O) groups is 2. The highest BCUT2D eigenvalue weighted by Crippen LogP contribution is 2.47. The highest BCUT2D eigenvalue weighted by molar-refractivity contribution is 8.01. The number of benzene rings is 1. The second-order valence-corrected chi connectivity index (χ2v) is 7.98. The average Bonchev–Trinajstić information content (AvgIpc) is 3.09. The summed E-state index contributed by atoms with van der Waals surface area (Å²) in [6, 6.07) is 9.51. The fraction of sp³-hybridized carbons (Fsp3) is 0.389. The van der Waals surface area contributed by atoms with Crippen molar-refractivity contribution in [1.29, 1.82) is 0 Å². The zero-order valence-electron chi connectivity index (χ0n) is 13.5. The number of fused-ring (bicyclic) bond motifs is 2. The first-order valence-corrected chi connectivity index (χ1v) is 9.13. The molecule has 3 heterocycles. The Labute approximate surface area is 144 Å². The summed E-state index contributed by atoms with van der Waals surface area (Å²) in [6.45, 7) is 2.48. The third kappa shape index (κ3) is 2.45. The van der Waals surface area contributed by atoms with Crippen LogP contribution in [0.3, 0.4) is 0 Å². The molecule has 124 valence electrons. The molecule has 5 nitrogen and oxygen atoms in total. The van der Waals surface area contributed by atoms with E-state index < -0.39 is 0 Å². The van der Waals surface area contributed by atoms with Gasteiger partial charge in [-0.2, -0.15) is 0 Å². The minimum Gasteiger partial charge on any atom is -0.350 e. The highest BCUT2D eigenvalue weighted by Gasteiger charge is 2.52. The SMILES string of the molecule is CC12CCC(=O)N1C(C(=O)NCc1cccc3cccnc13)CS2. The molecule has 4 rings (SSSR count). The maximum Gasteiger partial charge on any atom is 0.243 e. The molecule has 2 aliphatic rings. The fourth-order valence-corrected chi connectivity index (χ4v) is 5.06. The normalized spacial score (nSPS) is 26.0. The molecule has 2 unspecified atom stereocenters. The smallest absolute Gasteiger partial charge is 0.243 e. The van der Waals surface area contributed by atoms with E-state index in [4.69, 9.17) is 0 Å². The summed E-state index contributed by atoms with van der Waals surface area (Å²) in [7, 11) is 0. The molecule has 1 aromatic heterocycles. The Bertz CT molecular complexity index is 820. The number of hydrogen-bond acceptors (Lipinski definition) is 4. The van der Waals surface area contributed by atoms with Crippen LogP contribution in [0.2, 0.25) is 0 Å². The van der Waals surface area contributed by atoms with E-state index in [-0.39, 0.29) is 22.7 Å². The zero-order chi connectivity index (χ0) is 16.7. The summed E-state index contributed by atoms with van der Waals surface area (Å²) in [5, 5.41) is 4.06. The van der Waals surface area contributed by atoms with Gasteiger partial charge in [0, 0.05) is 30.3 Å². The van der Waals surface area contributed by atoms with Crippen LogP contribution in [0.15, 0.2) is 36.5 Å². The standard InChI is InChI=1S/C18H19N3O2S/c1-18-8-7-15(22)21(18)14(11-24-18)17(23)20-10-13-5-2-4-12-6-3-9-19-16(12)13/h2-6,9,14H,7-8,10-11H2,1H3,(H,20,23). The van der Waals surface area contributed by atoms with E-state index in [1.165, 1.54) is 0 Å². The maximum absolute atomic E-state index is 12.6. The lowest BCUT2D eigenvalue weighted by atomic mass is 10.1. The first-order valence-electron chi connectivity index (χ1n) is 8.15. The van der Waals surface area contributed by atoms with Gasteiger partial charge in [-0.3, -0.25) is 14.6 Å². The molecule has 0 aliphatic carbocycles. The Morgan fingerprint density at radius 3 is 3.12 bits per heavy atom. The lowest BCUT2D eigenvalue weighted by molar-refractivity contribution is -0.138. The summed E-state index contributed by atoms with van der Waals surface area (Å²) in [5.74, 6) is 0.686. The molecule has 0 saturated carbocycles. The van der Waals surface area contributed by atoms with Crippen molar-refractivity contribution in [2.45, 2.75) is 37.2 Å². The van der Waals surface area contributed by atoms with E-state index >= 15 is 0 Å². The number of rotatable bonds is 3. The van der Waals surface area contributed by atoms with Crippen LogP contribution >= 0.6 is 11.8 Å². The second kappa shape index (κ2) is 5.77. The third-order valence-electron chi connectivity index (χ3n) is 4.92. The number of hydrogen-bond donors (Lipinski definition) is 1. The number of amides is 2. The van der Waals surface area contributed by atoms with Gasteiger partial charge in [0.1, 0.15) is 6.04 Å². The van der Waals surface area contributed by atoms with Crippen LogP contribution in [0, 0.1) is 0 Å². The van der Waals surface area contributed by atoms with E-state index in [2.05, 4.69) is 17.2 Å². The molecular formula is C18H19N3O2S. The van der Waals surface area contributed by atoms with Gasteiger partial charge in [-0.1, -0.05) is 24.3 Å². The Morgan fingerprint density at radius 1 is 1.42 bits per heavy atom. The van der Waals surface area contributed by atoms with Gasteiger partial charge >= 0.3 is 0 Å². The number of thioether (sulfide) groups is 1. The van der Waals surface area contributed by atoms with Gasteiger partial charge in [0.25, 0.3) is 0 Å². The molecular weight excluding hydrogens is 322 g/mol. The van der Waals surface area contributed by atoms with E-state index in [1.54, 1.807) is 22.9 Å². The van der Waals surface area contributed by atoms with Gasteiger partial charge in [-0.15, -0.1) is 11.8 Å². The summed E-state index contributed by atoms with van der Waals surface area (Å²) in [6.07, 6.45) is 3.13. The molecule has 2 amide bonds. The van der Waals surface area contributed by atoms with E-state index in [0.29, 0.717) is 18.7 Å². The molecule has 1 N–H and O–H groups in total. The molecule has 0 radical (unpaired) electrons. The lowest BCUT2D eigenvalue weighted by Crippen LogP contribution is -2.49. The van der Waals surface area contributed by atoms with Crippen molar-refractivity contribution in [3.8, 4) is 0 Å². The van der Waals surface area contributed by atoms with Crippen LogP contribution in [0.5, 0.6) is 0 Å². The molecule has 2 saturated heterocycles. The van der Waals surface area contributed by atoms with Crippen molar-refractivity contribution in [2.75, 3.05) is 5.75 Å². The Kier molecular flexibility index (Phi) is 3.72. The number of nitrogens with one attached hydrogen (secondary N) is 1. The van der Waals surface area contributed by atoms with E-state index in [1.807, 2.05) is 30.3 Å².